The lowest BCUT2D eigenvalue weighted by Crippen LogP contribution is -2.45. The number of ether oxygens (including phenoxy) is 1. The van der Waals surface area contributed by atoms with Gasteiger partial charge in [0.15, 0.2) is 0 Å². The maximum Gasteiger partial charge on any atom is 0.296 e. The first kappa shape index (κ1) is 13.1. The molecular formula is C13H21NO2. The van der Waals surface area contributed by atoms with Crippen molar-refractivity contribution in [3.63, 3.8) is 0 Å². The van der Waals surface area contributed by atoms with Crippen LogP contribution >= 0.6 is 0 Å². The molecule has 1 heterocycles. The predicted molar refractivity (Wildman–Crippen MR) is 63.8 cm³/mol. The fourth-order valence-electron chi connectivity index (χ4n) is 2.14. The summed E-state index contributed by atoms with van der Waals surface area (Å²) in [6.07, 6.45) is 1.99. The lowest BCUT2D eigenvalue weighted by Gasteiger charge is -2.32. The highest BCUT2D eigenvalue weighted by atomic mass is 16.5. The van der Waals surface area contributed by atoms with Crippen LogP contribution in [0.1, 0.15) is 33.6 Å². The third kappa shape index (κ3) is 4.24. The number of amides is 1. The number of carbonyl (C=O) groups excluding carboxylic acids is 1. The van der Waals surface area contributed by atoms with Gasteiger partial charge in [0, 0.05) is 18.6 Å². The zero-order valence-electron chi connectivity index (χ0n) is 10.4. The van der Waals surface area contributed by atoms with Crippen LogP contribution in [0, 0.1) is 23.7 Å². The van der Waals surface area contributed by atoms with Crippen molar-refractivity contribution in [2.45, 2.75) is 39.7 Å². The normalized spacial score (nSPS) is 24.8. The zero-order chi connectivity index (χ0) is 12.0. The Hall–Kier alpha value is -1.01. The Bertz CT molecular complexity index is 288. The topological polar surface area (TPSA) is 38.3 Å². The Morgan fingerprint density at radius 2 is 2.31 bits per heavy atom. The van der Waals surface area contributed by atoms with E-state index in [0.717, 1.165) is 26.1 Å². The monoisotopic (exact) mass is 223 g/mol. The van der Waals surface area contributed by atoms with Crippen LogP contribution in [0.25, 0.3) is 0 Å². The van der Waals surface area contributed by atoms with Gasteiger partial charge in [0.2, 0.25) is 0 Å². The van der Waals surface area contributed by atoms with Crippen molar-refractivity contribution in [1.29, 1.82) is 0 Å². The maximum absolute atomic E-state index is 11.4. The van der Waals surface area contributed by atoms with Gasteiger partial charge in [-0.25, -0.2) is 0 Å². The highest BCUT2D eigenvalue weighted by Gasteiger charge is 2.27. The van der Waals surface area contributed by atoms with Gasteiger partial charge in [-0.3, -0.25) is 4.79 Å². The summed E-state index contributed by atoms with van der Waals surface area (Å²) in [5.74, 6) is 6.04. The van der Waals surface area contributed by atoms with Crippen molar-refractivity contribution in [2.75, 3.05) is 13.2 Å². The van der Waals surface area contributed by atoms with Crippen molar-refractivity contribution >= 4 is 5.91 Å². The fraction of sp³-hybridized carbons (Fsp3) is 0.769. The van der Waals surface area contributed by atoms with E-state index >= 15 is 0 Å². The van der Waals surface area contributed by atoms with E-state index in [4.69, 9.17) is 4.74 Å². The summed E-state index contributed by atoms with van der Waals surface area (Å²) in [6.45, 7) is 7.55. The van der Waals surface area contributed by atoms with Crippen LogP contribution in [0.4, 0.5) is 0 Å². The minimum absolute atomic E-state index is 0.164. The average molecular weight is 223 g/mol. The molecule has 0 aromatic carbocycles. The third-order valence-corrected chi connectivity index (χ3v) is 2.80. The first-order valence-corrected chi connectivity index (χ1v) is 5.94. The minimum Gasteiger partial charge on any atom is -0.381 e. The second-order valence-electron chi connectivity index (χ2n) is 4.71. The van der Waals surface area contributed by atoms with Gasteiger partial charge in [-0.1, -0.05) is 19.8 Å². The molecule has 16 heavy (non-hydrogen) atoms. The molecule has 0 aromatic rings. The number of hydrogen-bond donors (Lipinski definition) is 1. The summed E-state index contributed by atoms with van der Waals surface area (Å²) >= 11 is 0. The van der Waals surface area contributed by atoms with Gasteiger partial charge >= 0.3 is 0 Å². The van der Waals surface area contributed by atoms with E-state index in [0.29, 0.717) is 11.8 Å². The summed E-state index contributed by atoms with van der Waals surface area (Å²) in [5, 5.41) is 2.98. The Balaban J connectivity index is 2.51. The number of rotatable bonds is 3. The van der Waals surface area contributed by atoms with Crippen molar-refractivity contribution in [2.24, 2.45) is 11.8 Å². The largest absolute Gasteiger partial charge is 0.381 e. The molecule has 1 amide bonds. The van der Waals surface area contributed by atoms with Gasteiger partial charge in [-0.15, -0.1) is 0 Å². The average Bonchev–Trinajstić information content (AvgIpc) is 2.20. The van der Waals surface area contributed by atoms with Crippen LogP contribution in [0.5, 0.6) is 0 Å². The molecule has 0 aliphatic carbocycles. The van der Waals surface area contributed by atoms with Gasteiger partial charge in [0.25, 0.3) is 5.91 Å². The van der Waals surface area contributed by atoms with Gasteiger partial charge in [-0.2, -0.15) is 0 Å². The molecular weight excluding hydrogens is 202 g/mol. The van der Waals surface area contributed by atoms with E-state index in [1.165, 1.54) is 0 Å². The second kappa shape index (κ2) is 6.55. The minimum atomic E-state index is -0.164. The lowest BCUT2D eigenvalue weighted by molar-refractivity contribution is -0.117. The third-order valence-electron chi connectivity index (χ3n) is 2.80. The van der Waals surface area contributed by atoms with E-state index < -0.39 is 0 Å². The van der Waals surface area contributed by atoms with Gasteiger partial charge in [-0.05, 0) is 31.6 Å². The highest BCUT2D eigenvalue weighted by Crippen LogP contribution is 2.22. The molecule has 0 spiro atoms. The van der Waals surface area contributed by atoms with Crippen LogP contribution in [-0.2, 0) is 9.53 Å². The quantitative estimate of drug-likeness (QED) is 0.738. The van der Waals surface area contributed by atoms with E-state index in [1.807, 2.05) is 0 Å². The van der Waals surface area contributed by atoms with Crippen molar-refractivity contribution in [1.82, 2.24) is 5.32 Å². The number of nitrogens with one attached hydrogen (secondary N) is 1. The standard InChI is InChI=1S/C13H21NO2/c1-4-5-13(15)14-12-6-7-16-9-11(12)8-10(2)3/h10-12H,6-9H2,1-3H3,(H,14,15). The summed E-state index contributed by atoms with van der Waals surface area (Å²) < 4.78 is 5.47. The Kier molecular flexibility index (Phi) is 5.34. The Morgan fingerprint density at radius 1 is 1.56 bits per heavy atom. The van der Waals surface area contributed by atoms with Crippen molar-refractivity contribution in [3.05, 3.63) is 0 Å². The van der Waals surface area contributed by atoms with E-state index in [2.05, 4.69) is 31.0 Å². The molecule has 0 saturated carbocycles. The highest BCUT2D eigenvalue weighted by molar-refractivity contribution is 5.93. The van der Waals surface area contributed by atoms with Gasteiger partial charge in [0.1, 0.15) is 0 Å². The molecule has 0 aromatic heterocycles. The molecule has 1 aliphatic heterocycles. The van der Waals surface area contributed by atoms with Crippen molar-refractivity contribution in [3.8, 4) is 11.8 Å². The molecule has 1 saturated heterocycles. The van der Waals surface area contributed by atoms with E-state index in [-0.39, 0.29) is 11.9 Å². The molecule has 1 fully saturated rings. The van der Waals surface area contributed by atoms with Crippen LogP contribution < -0.4 is 5.32 Å². The second-order valence-corrected chi connectivity index (χ2v) is 4.71. The smallest absolute Gasteiger partial charge is 0.296 e. The van der Waals surface area contributed by atoms with Gasteiger partial charge in [0.05, 0.1) is 6.61 Å². The summed E-state index contributed by atoms with van der Waals surface area (Å²) in [6, 6.07) is 0.226. The molecule has 1 rings (SSSR count). The van der Waals surface area contributed by atoms with Gasteiger partial charge < -0.3 is 10.1 Å². The first-order valence-electron chi connectivity index (χ1n) is 5.94. The van der Waals surface area contributed by atoms with E-state index in [1.54, 1.807) is 6.92 Å². The lowest BCUT2D eigenvalue weighted by atomic mass is 9.88. The summed E-state index contributed by atoms with van der Waals surface area (Å²) in [4.78, 5) is 11.4. The molecule has 0 radical (unpaired) electrons. The number of carbonyl (C=O) groups is 1. The maximum atomic E-state index is 11.4. The molecule has 2 unspecified atom stereocenters. The van der Waals surface area contributed by atoms with Crippen molar-refractivity contribution < 1.29 is 9.53 Å². The van der Waals surface area contributed by atoms with E-state index in [9.17, 15) is 4.79 Å². The first-order chi connectivity index (χ1) is 7.63. The van der Waals surface area contributed by atoms with Crippen LogP contribution in [0.2, 0.25) is 0 Å². The predicted octanol–water partition coefficient (Wildman–Crippen LogP) is 1.58. The molecule has 1 N–H and O–H groups in total. The summed E-state index contributed by atoms with van der Waals surface area (Å²) in [7, 11) is 0. The SMILES string of the molecule is CC#CC(=O)NC1CCOCC1CC(C)C. The Labute approximate surface area is 97.9 Å². The Morgan fingerprint density at radius 3 is 2.94 bits per heavy atom. The van der Waals surface area contributed by atoms with Crippen LogP contribution in [0.3, 0.4) is 0 Å². The molecule has 0 bridgehead atoms. The van der Waals surface area contributed by atoms with Crippen LogP contribution in [0.15, 0.2) is 0 Å². The molecule has 3 heteroatoms. The fourth-order valence-corrected chi connectivity index (χ4v) is 2.14. The zero-order valence-corrected chi connectivity index (χ0v) is 10.4. The number of hydrogen-bond acceptors (Lipinski definition) is 2. The molecule has 1 aliphatic rings. The molecule has 3 nitrogen and oxygen atoms in total. The molecule has 90 valence electrons. The molecule has 2 atom stereocenters. The summed E-state index contributed by atoms with van der Waals surface area (Å²) in [5.41, 5.74) is 0. The van der Waals surface area contributed by atoms with Crippen LogP contribution in [-0.4, -0.2) is 25.2 Å².